The second kappa shape index (κ2) is 10.7. The van der Waals surface area contributed by atoms with Crippen LogP contribution < -0.4 is 25.9 Å². The first-order valence-electron chi connectivity index (χ1n) is 15.1. The quantitative estimate of drug-likeness (QED) is 0.205. The van der Waals surface area contributed by atoms with Crippen LogP contribution in [0.4, 0.5) is 28.4 Å². The number of anilines is 5. The van der Waals surface area contributed by atoms with Crippen LogP contribution in [0.3, 0.4) is 0 Å². The minimum absolute atomic E-state index is 0.866. The van der Waals surface area contributed by atoms with Gasteiger partial charge in [-0.1, -0.05) is 108 Å². The van der Waals surface area contributed by atoms with E-state index in [-0.39, 0.29) is 0 Å². The Morgan fingerprint density at radius 2 is 1.33 bits per heavy atom. The van der Waals surface area contributed by atoms with Gasteiger partial charge in [0, 0.05) is 34.0 Å². The average Bonchev–Trinajstić information content (AvgIpc) is 3.09. The van der Waals surface area contributed by atoms with Crippen molar-refractivity contribution in [3.63, 3.8) is 0 Å². The third-order valence-corrected chi connectivity index (χ3v) is 9.59. The maximum atomic E-state index is 6.58. The molecule has 7 aromatic rings. The van der Waals surface area contributed by atoms with E-state index in [1.807, 2.05) is 18.2 Å². The van der Waals surface area contributed by atoms with Gasteiger partial charge < -0.3 is 15.0 Å². The van der Waals surface area contributed by atoms with E-state index in [4.69, 9.17) is 4.74 Å². The van der Waals surface area contributed by atoms with E-state index in [1.54, 1.807) is 11.8 Å². The first kappa shape index (κ1) is 26.1. The highest BCUT2D eigenvalue weighted by Crippen LogP contribution is 2.51. The Balaban J connectivity index is 1.34. The topological polar surface area (TPSA) is 24.5 Å². The van der Waals surface area contributed by atoms with Crippen LogP contribution in [0.5, 0.6) is 11.5 Å². The minimum Gasteiger partial charge on any atom is -0.455 e. The van der Waals surface area contributed by atoms with Crippen LogP contribution >= 0.6 is 11.8 Å². The van der Waals surface area contributed by atoms with Gasteiger partial charge in [0.25, 0.3) is 0 Å². The van der Waals surface area contributed by atoms with Crippen LogP contribution in [0.25, 0.3) is 21.9 Å². The molecule has 0 bridgehead atoms. The van der Waals surface area contributed by atoms with E-state index in [2.05, 4.69) is 151 Å². The Hall–Kier alpha value is -5.39. The van der Waals surface area contributed by atoms with Crippen molar-refractivity contribution in [3.05, 3.63) is 152 Å². The lowest BCUT2D eigenvalue weighted by Gasteiger charge is -2.35. The molecule has 0 saturated heterocycles. The van der Waals surface area contributed by atoms with Gasteiger partial charge in [-0.05, 0) is 82.5 Å². The van der Waals surface area contributed by atoms with Crippen molar-refractivity contribution in [1.82, 2.24) is 0 Å². The van der Waals surface area contributed by atoms with Crippen molar-refractivity contribution in [2.45, 2.75) is 9.79 Å². The molecule has 5 heteroatoms. The molecule has 9 rings (SSSR count). The lowest BCUT2D eigenvalue weighted by atomic mass is 9.57. The fourth-order valence-corrected chi connectivity index (χ4v) is 7.46. The molecule has 0 saturated carbocycles. The van der Waals surface area contributed by atoms with Crippen LogP contribution in [0.1, 0.15) is 0 Å². The molecule has 211 valence electrons. The molecule has 2 aliphatic rings. The number of hydrogen-bond donors (Lipinski definition) is 1. The predicted molar refractivity (Wildman–Crippen MR) is 189 cm³/mol. The Morgan fingerprint density at radius 3 is 2.22 bits per heavy atom. The lowest BCUT2D eigenvalue weighted by Crippen LogP contribution is -2.41. The highest BCUT2D eigenvalue weighted by molar-refractivity contribution is 7.99. The molecular formula is C40H26BN2OS. The van der Waals surface area contributed by atoms with Crippen molar-refractivity contribution >= 4 is 69.2 Å². The highest BCUT2D eigenvalue weighted by atomic mass is 32.2. The molecule has 2 heterocycles. The number of ether oxygens (including phenoxy) is 1. The second-order valence-corrected chi connectivity index (χ2v) is 12.3. The van der Waals surface area contributed by atoms with E-state index in [0.717, 1.165) is 49.6 Å². The van der Waals surface area contributed by atoms with Gasteiger partial charge in [0.05, 0.1) is 9.79 Å². The Kier molecular flexibility index (Phi) is 6.17. The Morgan fingerprint density at radius 1 is 0.600 bits per heavy atom. The van der Waals surface area contributed by atoms with Crippen LogP contribution in [0.2, 0.25) is 0 Å². The number of benzene rings is 7. The fourth-order valence-electron chi connectivity index (χ4n) is 6.49. The molecule has 7 aromatic carbocycles. The first-order valence-corrected chi connectivity index (χ1v) is 15.9. The summed E-state index contributed by atoms with van der Waals surface area (Å²) in [4.78, 5) is 4.60. The van der Waals surface area contributed by atoms with E-state index in [9.17, 15) is 0 Å². The third-order valence-electron chi connectivity index (χ3n) is 8.50. The van der Waals surface area contributed by atoms with Crippen molar-refractivity contribution in [1.29, 1.82) is 0 Å². The van der Waals surface area contributed by atoms with Crippen LogP contribution in [0.15, 0.2) is 161 Å². The lowest BCUT2D eigenvalue weighted by molar-refractivity contribution is 0.455. The summed E-state index contributed by atoms with van der Waals surface area (Å²) >= 11 is 1.75. The van der Waals surface area contributed by atoms with Gasteiger partial charge in [0.2, 0.25) is 0 Å². The number of para-hydroxylation sites is 4. The van der Waals surface area contributed by atoms with Gasteiger partial charge >= 0.3 is 0 Å². The third kappa shape index (κ3) is 4.47. The van der Waals surface area contributed by atoms with Crippen LogP contribution in [-0.4, -0.2) is 7.28 Å². The van der Waals surface area contributed by atoms with Crippen molar-refractivity contribution in [2.24, 2.45) is 0 Å². The molecule has 0 spiro atoms. The van der Waals surface area contributed by atoms with Gasteiger partial charge in [0.15, 0.2) is 7.28 Å². The molecule has 2 aliphatic heterocycles. The molecule has 0 atom stereocenters. The average molecular weight is 594 g/mol. The van der Waals surface area contributed by atoms with Crippen LogP contribution in [-0.2, 0) is 0 Å². The molecule has 1 N–H and O–H groups in total. The van der Waals surface area contributed by atoms with E-state index < -0.39 is 0 Å². The minimum atomic E-state index is 0.866. The van der Waals surface area contributed by atoms with E-state index >= 15 is 0 Å². The van der Waals surface area contributed by atoms with Gasteiger partial charge in [0.1, 0.15) is 11.5 Å². The fraction of sp³-hybridized carbons (Fsp3) is 0. The van der Waals surface area contributed by atoms with E-state index in [0.29, 0.717) is 0 Å². The van der Waals surface area contributed by atoms with Gasteiger partial charge in [-0.25, -0.2) is 0 Å². The molecule has 0 amide bonds. The number of nitrogens with zero attached hydrogens (tertiary/aromatic N) is 1. The summed E-state index contributed by atoms with van der Waals surface area (Å²) in [6.07, 6.45) is 0. The highest BCUT2D eigenvalue weighted by Gasteiger charge is 2.30. The Bertz CT molecular complexity index is 2240. The smallest absolute Gasteiger partial charge is 0.197 e. The first-order chi connectivity index (χ1) is 22.3. The molecule has 45 heavy (non-hydrogen) atoms. The zero-order valence-corrected chi connectivity index (χ0v) is 25.1. The number of rotatable bonds is 4. The molecule has 0 fully saturated rings. The summed E-state index contributed by atoms with van der Waals surface area (Å²) in [5.41, 5.74) is 10.1. The molecule has 0 aliphatic carbocycles. The predicted octanol–water partition coefficient (Wildman–Crippen LogP) is 9.95. The monoisotopic (exact) mass is 593 g/mol. The van der Waals surface area contributed by atoms with Crippen molar-refractivity contribution in [2.75, 3.05) is 10.2 Å². The standard InChI is InChI=1S/C40H26BN2OS/c1-3-14-27(15-4-1)42-32-25-38-36(44-35-21-11-12-22-37(35)45-38)24-30(32)39-29-18-8-7-13-26(29)23-34-40(39)41-31-19-9-10-20-33(31)43(34)28-16-5-2-6-17-28/h1-25,42H. The largest absolute Gasteiger partial charge is 0.455 e. The van der Waals surface area contributed by atoms with Gasteiger partial charge in [-0.2, -0.15) is 0 Å². The van der Waals surface area contributed by atoms with Crippen molar-refractivity contribution in [3.8, 4) is 22.6 Å². The molecule has 0 aromatic heterocycles. The van der Waals surface area contributed by atoms with Gasteiger partial charge in [-0.3, -0.25) is 0 Å². The molecule has 1 radical (unpaired) electrons. The maximum absolute atomic E-state index is 6.58. The summed E-state index contributed by atoms with van der Waals surface area (Å²) < 4.78 is 6.58. The second-order valence-electron chi connectivity index (χ2n) is 11.3. The van der Waals surface area contributed by atoms with Gasteiger partial charge in [-0.15, -0.1) is 0 Å². The summed E-state index contributed by atoms with van der Waals surface area (Å²) in [5.74, 6) is 1.76. The number of hydrogen-bond acceptors (Lipinski definition) is 4. The van der Waals surface area contributed by atoms with Crippen LogP contribution in [0, 0.1) is 0 Å². The maximum Gasteiger partial charge on any atom is 0.197 e. The molecule has 3 nitrogen and oxygen atoms in total. The molecular weight excluding hydrogens is 567 g/mol. The SMILES string of the molecule is [B]1c2ccccc2N(c2ccccc2)c2cc3ccccc3c(-c3cc4c(cc3Nc3ccccc3)Sc3ccccc3O4)c21. The van der Waals surface area contributed by atoms with E-state index in [1.165, 1.54) is 32.9 Å². The molecule has 0 unspecified atom stereocenters. The summed E-state index contributed by atoms with van der Waals surface area (Å²) in [6, 6.07) is 53.5. The summed E-state index contributed by atoms with van der Waals surface area (Å²) in [5, 5.41) is 6.16. The Labute approximate surface area is 267 Å². The zero-order chi connectivity index (χ0) is 29.7. The zero-order valence-electron chi connectivity index (χ0n) is 24.3. The number of nitrogens with one attached hydrogen (secondary N) is 1. The number of fused-ring (bicyclic) bond motifs is 5. The summed E-state index contributed by atoms with van der Waals surface area (Å²) in [6.45, 7) is 0. The van der Waals surface area contributed by atoms with Crippen molar-refractivity contribution < 1.29 is 4.74 Å². The summed E-state index contributed by atoms with van der Waals surface area (Å²) in [7, 11) is 2.35. The normalized spacial score (nSPS) is 12.7.